The summed E-state index contributed by atoms with van der Waals surface area (Å²) in [5, 5.41) is 9.06. The smallest absolute Gasteiger partial charge is 0.274 e. The molecule has 1 aliphatic heterocycles. The van der Waals surface area contributed by atoms with Crippen LogP contribution in [0.2, 0.25) is 8.67 Å². The minimum absolute atomic E-state index is 0.0367. The van der Waals surface area contributed by atoms with Crippen molar-refractivity contribution >= 4 is 52.2 Å². The van der Waals surface area contributed by atoms with E-state index in [2.05, 4.69) is 25.9 Å². The molecule has 1 aliphatic rings. The van der Waals surface area contributed by atoms with E-state index < -0.39 is 0 Å². The van der Waals surface area contributed by atoms with Gasteiger partial charge in [-0.1, -0.05) is 41.4 Å². The summed E-state index contributed by atoms with van der Waals surface area (Å²) in [6, 6.07) is 9.02. The lowest BCUT2D eigenvalue weighted by Crippen LogP contribution is -2.46. The zero-order valence-corrected chi connectivity index (χ0v) is 19.9. The summed E-state index contributed by atoms with van der Waals surface area (Å²) < 4.78 is 0.798. The number of hydrogen-bond donors (Lipinski definition) is 4. The molecule has 0 saturated carbocycles. The van der Waals surface area contributed by atoms with Gasteiger partial charge >= 0.3 is 0 Å². The number of carbonyl (C=O) groups excluding carboxylic acids is 2. The second-order valence-corrected chi connectivity index (χ2v) is 9.91. The first-order chi connectivity index (χ1) is 15.9. The minimum atomic E-state index is -0.342. The first kappa shape index (κ1) is 23.4. The highest BCUT2D eigenvalue weighted by molar-refractivity contribution is 7.20. The maximum Gasteiger partial charge on any atom is 0.274 e. The standard InChI is InChI=1S/C22H22Cl2N6O2S/c23-17-8-15(19(24)33-17)21(31)28-9-12-3-1-4-13(7-12)16-11-27-20(25)18(30-16)22(32)29-14-5-2-6-26-10-14/h1,3-4,7-8,11,14,26H,2,5-6,9-10H2,(H2,25,27)(H,28,31)(H,29,32)/t14-/m0/s1. The van der Waals surface area contributed by atoms with Gasteiger partial charge in [0.05, 0.1) is 21.8 Å². The highest BCUT2D eigenvalue weighted by Gasteiger charge is 2.20. The van der Waals surface area contributed by atoms with Crippen LogP contribution in [0.5, 0.6) is 0 Å². The molecule has 1 fully saturated rings. The molecular formula is C22H22Cl2N6O2S. The Morgan fingerprint density at radius 3 is 2.82 bits per heavy atom. The molecular weight excluding hydrogens is 483 g/mol. The van der Waals surface area contributed by atoms with Crippen LogP contribution in [0.3, 0.4) is 0 Å². The SMILES string of the molecule is Nc1ncc(-c2cccc(CNC(=O)c3cc(Cl)sc3Cl)c2)nc1C(=O)N[C@H]1CCCNC1. The number of thiophene rings is 1. The van der Waals surface area contributed by atoms with Crippen LogP contribution in [-0.2, 0) is 6.54 Å². The molecule has 11 heteroatoms. The van der Waals surface area contributed by atoms with Crippen molar-refractivity contribution in [3.63, 3.8) is 0 Å². The Bertz CT molecular complexity index is 1180. The van der Waals surface area contributed by atoms with Crippen molar-refractivity contribution < 1.29 is 9.59 Å². The van der Waals surface area contributed by atoms with Crippen molar-refractivity contribution in [1.82, 2.24) is 25.9 Å². The van der Waals surface area contributed by atoms with Crippen LogP contribution < -0.4 is 21.7 Å². The van der Waals surface area contributed by atoms with Crippen molar-refractivity contribution in [2.45, 2.75) is 25.4 Å². The fourth-order valence-electron chi connectivity index (χ4n) is 3.55. The van der Waals surface area contributed by atoms with Crippen molar-refractivity contribution in [2.75, 3.05) is 18.8 Å². The lowest BCUT2D eigenvalue weighted by atomic mass is 10.1. The van der Waals surface area contributed by atoms with Gasteiger partial charge in [-0.15, -0.1) is 11.3 Å². The summed E-state index contributed by atoms with van der Waals surface area (Å²) in [6.45, 7) is 1.95. The Labute approximate surface area is 204 Å². The molecule has 172 valence electrons. The third-order valence-corrected chi connectivity index (χ3v) is 6.71. The minimum Gasteiger partial charge on any atom is -0.382 e. The number of carbonyl (C=O) groups is 2. The number of anilines is 1. The highest BCUT2D eigenvalue weighted by Crippen LogP contribution is 2.31. The number of aromatic nitrogens is 2. The number of benzene rings is 1. The van der Waals surface area contributed by atoms with Gasteiger partial charge in [-0.2, -0.15) is 0 Å². The molecule has 1 saturated heterocycles. The molecule has 0 spiro atoms. The van der Waals surface area contributed by atoms with Crippen molar-refractivity contribution in [3.05, 3.63) is 62.0 Å². The van der Waals surface area contributed by atoms with E-state index >= 15 is 0 Å². The number of piperidine rings is 1. The molecule has 0 unspecified atom stereocenters. The Balaban J connectivity index is 1.47. The van der Waals surface area contributed by atoms with Crippen molar-refractivity contribution in [2.24, 2.45) is 0 Å². The lowest BCUT2D eigenvalue weighted by molar-refractivity contribution is 0.0924. The predicted molar refractivity (Wildman–Crippen MR) is 131 cm³/mol. The third kappa shape index (κ3) is 5.80. The number of rotatable bonds is 6. The summed E-state index contributed by atoms with van der Waals surface area (Å²) in [4.78, 5) is 33.8. The normalized spacial score (nSPS) is 15.8. The fraction of sp³-hybridized carbons (Fsp3) is 0.273. The first-order valence-electron chi connectivity index (χ1n) is 10.4. The van der Waals surface area contributed by atoms with Crippen LogP contribution >= 0.6 is 34.5 Å². The lowest BCUT2D eigenvalue weighted by Gasteiger charge is -2.23. The molecule has 2 amide bonds. The molecule has 3 heterocycles. The molecule has 1 atom stereocenters. The number of amides is 2. The van der Waals surface area contributed by atoms with Gasteiger partial charge in [0.25, 0.3) is 11.8 Å². The van der Waals surface area contributed by atoms with Gasteiger partial charge in [0, 0.05) is 24.7 Å². The van der Waals surface area contributed by atoms with Crippen molar-refractivity contribution in [1.29, 1.82) is 0 Å². The van der Waals surface area contributed by atoms with Gasteiger partial charge in [0.15, 0.2) is 11.5 Å². The van der Waals surface area contributed by atoms with E-state index in [1.807, 2.05) is 24.3 Å². The van der Waals surface area contributed by atoms with Crippen LogP contribution in [0, 0.1) is 0 Å². The number of nitrogens with two attached hydrogens (primary N) is 1. The topological polar surface area (TPSA) is 122 Å². The van der Waals surface area contributed by atoms with E-state index in [-0.39, 0.29) is 35.9 Å². The Hall–Kier alpha value is -2.72. The largest absolute Gasteiger partial charge is 0.382 e. The molecule has 3 aromatic rings. The maximum absolute atomic E-state index is 12.7. The van der Waals surface area contributed by atoms with Crippen LogP contribution in [0.15, 0.2) is 36.5 Å². The molecule has 8 nitrogen and oxygen atoms in total. The highest BCUT2D eigenvalue weighted by atomic mass is 35.5. The molecule has 0 bridgehead atoms. The van der Waals surface area contributed by atoms with Crippen molar-refractivity contribution in [3.8, 4) is 11.3 Å². The third-order valence-electron chi connectivity index (χ3n) is 5.23. The van der Waals surface area contributed by atoms with E-state index in [4.69, 9.17) is 28.9 Å². The van der Waals surface area contributed by atoms with E-state index in [0.29, 0.717) is 19.9 Å². The second kappa shape index (κ2) is 10.5. The Kier molecular flexibility index (Phi) is 7.44. The number of halogens is 2. The molecule has 4 rings (SSSR count). The van der Waals surface area contributed by atoms with Gasteiger partial charge in [-0.3, -0.25) is 9.59 Å². The molecule has 2 aromatic heterocycles. The first-order valence-corrected chi connectivity index (χ1v) is 11.9. The van der Waals surface area contributed by atoms with E-state index in [1.165, 1.54) is 6.20 Å². The summed E-state index contributed by atoms with van der Waals surface area (Å²) in [5.41, 5.74) is 8.48. The number of nitrogens with one attached hydrogen (secondary N) is 3. The summed E-state index contributed by atoms with van der Waals surface area (Å²) in [6.07, 6.45) is 3.43. The second-order valence-electron chi connectivity index (χ2n) is 7.63. The van der Waals surface area contributed by atoms with Crippen LogP contribution in [-0.4, -0.2) is 40.9 Å². The van der Waals surface area contributed by atoms with Gasteiger partial charge < -0.3 is 21.7 Å². The molecule has 0 radical (unpaired) electrons. The Morgan fingerprint density at radius 2 is 2.09 bits per heavy atom. The number of hydrogen-bond acceptors (Lipinski definition) is 7. The monoisotopic (exact) mass is 504 g/mol. The van der Waals surface area contributed by atoms with Gasteiger partial charge in [-0.05, 0) is 37.1 Å². The zero-order valence-electron chi connectivity index (χ0n) is 17.5. The van der Waals surface area contributed by atoms with E-state index in [9.17, 15) is 9.59 Å². The van der Waals surface area contributed by atoms with E-state index in [1.54, 1.807) is 6.07 Å². The molecule has 1 aromatic carbocycles. The summed E-state index contributed by atoms with van der Waals surface area (Å²) in [5.74, 6) is -0.572. The van der Waals surface area contributed by atoms with Crippen LogP contribution in [0.4, 0.5) is 5.82 Å². The molecule has 5 N–H and O–H groups in total. The predicted octanol–water partition coefficient (Wildman–Crippen LogP) is 3.51. The average molecular weight is 505 g/mol. The van der Waals surface area contributed by atoms with Gasteiger partial charge in [-0.25, -0.2) is 9.97 Å². The van der Waals surface area contributed by atoms with Crippen LogP contribution in [0.1, 0.15) is 39.3 Å². The molecule has 33 heavy (non-hydrogen) atoms. The fourth-order valence-corrected chi connectivity index (χ4v) is 5.00. The summed E-state index contributed by atoms with van der Waals surface area (Å²) in [7, 11) is 0. The quantitative estimate of drug-likeness (QED) is 0.407. The number of nitrogen functional groups attached to an aromatic ring is 1. The Morgan fingerprint density at radius 1 is 1.24 bits per heavy atom. The molecule has 0 aliphatic carbocycles. The number of nitrogens with zero attached hydrogens (tertiary/aromatic N) is 2. The maximum atomic E-state index is 12.7. The average Bonchev–Trinajstić information content (AvgIpc) is 3.16. The zero-order chi connectivity index (χ0) is 23.4. The van der Waals surface area contributed by atoms with Crippen LogP contribution in [0.25, 0.3) is 11.3 Å². The van der Waals surface area contributed by atoms with E-state index in [0.717, 1.165) is 48.4 Å². The summed E-state index contributed by atoms with van der Waals surface area (Å²) >= 11 is 13.1. The van der Waals surface area contributed by atoms with Gasteiger partial charge in [0.2, 0.25) is 0 Å². The van der Waals surface area contributed by atoms with Gasteiger partial charge in [0.1, 0.15) is 4.34 Å².